The Hall–Kier alpha value is -1.57. The summed E-state index contributed by atoms with van der Waals surface area (Å²) in [5.41, 5.74) is 6.33. The van der Waals surface area contributed by atoms with Crippen molar-refractivity contribution in [2.45, 2.75) is 58.2 Å². The normalized spacial score (nSPS) is 14.9. The maximum atomic E-state index is 13.2. The van der Waals surface area contributed by atoms with Crippen LogP contribution in [0.2, 0.25) is 0 Å². The molecule has 5 nitrogen and oxygen atoms in total. The number of carbonyl (C=O) groups excluding carboxylic acids is 1. The van der Waals surface area contributed by atoms with Gasteiger partial charge in [-0.25, -0.2) is 8.78 Å². The summed E-state index contributed by atoms with van der Waals surface area (Å²) in [6, 6.07) is 2.07. The first kappa shape index (κ1) is 22.5. The van der Waals surface area contributed by atoms with Crippen LogP contribution in [0.1, 0.15) is 39.2 Å². The van der Waals surface area contributed by atoms with Crippen molar-refractivity contribution in [3.63, 3.8) is 0 Å². The zero-order valence-electron chi connectivity index (χ0n) is 15.8. The molecule has 0 saturated carbocycles. The second-order valence-electron chi connectivity index (χ2n) is 7.10. The Balaban J connectivity index is 2.54. The largest absolute Gasteiger partial charge is 0.390 e. The summed E-state index contributed by atoms with van der Waals surface area (Å²) in [6.45, 7) is 6.72. The van der Waals surface area contributed by atoms with Crippen molar-refractivity contribution in [2.75, 3.05) is 13.1 Å². The number of rotatable bonds is 11. The van der Waals surface area contributed by atoms with E-state index in [1.165, 1.54) is 12.1 Å². The van der Waals surface area contributed by atoms with E-state index in [4.69, 9.17) is 5.73 Å². The lowest BCUT2D eigenvalue weighted by Crippen LogP contribution is -2.50. The number of hydrogen-bond donors (Lipinski definition) is 4. The average Bonchev–Trinajstić information content (AvgIpc) is 2.55. The number of halogens is 2. The van der Waals surface area contributed by atoms with E-state index in [0.29, 0.717) is 24.4 Å². The quantitative estimate of drug-likeness (QED) is 0.477. The Labute approximate surface area is 154 Å². The van der Waals surface area contributed by atoms with Gasteiger partial charge in [-0.05, 0) is 36.5 Å². The van der Waals surface area contributed by atoms with Gasteiger partial charge in [-0.3, -0.25) is 4.79 Å². The molecular formula is C19H31F2N3O2. The first-order valence-corrected chi connectivity index (χ1v) is 9.12. The lowest BCUT2D eigenvalue weighted by Gasteiger charge is -2.23. The third kappa shape index (κ3) is 8.21. The van der Waals surface area contributed by atoms with E-state index in [-0.39, 0.29) is 18.9 Å². The predicted octanol–water partition coefficient (Wildman–Crippen LogP) is 1.73. The Kier molecular flexibility index (Phi) is 9.69. The minimum atomic E-state index is -0.946. The summed E-state index contributed by atoms with van der Waals surface area (Å²) < 4.78 is 26.5. The zero-order chi connectivity index (χ0) is 19.7. The summed E-state index contributed by atoms with van der Waals surface area (Å²) in [4.78, 5) is 12.2. The van der Waals surface area contributed by atoms with E-state index in [0.717, 1.165) is 12.5 Å². The number of benzene rings is 1. The third-order valence-corrected chi connectivity index (χ3v) is 4.04. The highest BCUT2D eigenvalue weighted by molar-refractivity contribution is 5.81. The predicted molar refractivity (Wildman–Crippen MR) is 98.6 cm³/mol. The fourth-order valence-corrected chi connectivity index (χ4v) is 2.59. The van der Waals surface area contributed by atoms with Gasteiger partial charge in [0, 0.05) is 25.2 Å². The molecule has 7 heteroatoms. The standard InChI is InChI=1S/C19H31F2N3O2/c1-4-5-17(19(26)24-10-12(2)3)23-11-18(25)16(22)8-13-6-14(20)9-15(21)7-13/h6-7,9,12,16-18,23,25H,4-5,8,10-11,22H2,1-3H3,(H,24,26)/t16-,17-,18+/m0/s1. The van der Waals surface area contributed by atoms with Gasteiger partial charge in [0.25, 0.3) is 0 Å². The van der Waals surface area contributed by atoms with Crippen LogP contribution in [-0.2, 0) is 11.2 Å². The maximum absolute atomic E-state index is 13.2. The Morgan fingerprint density at radius 2 is 1.81 bits per heavy atom. The minimum absolute atomic E-state index is 0.103. The molecule has 26 heavy (non-hydrogen) atoms. The molecule has 0 bridgehead atoms. The van der Waals surface area contributed by atoms with Gasteiger partial charge < -0.3 is 21.5 Å². The molecule has 0 aliphatic heterocycles. The molecule has 0 aliphatic rings. The minimum Gasteiger partial charge on any atom is -0.390 e. The Bertz CT molecular complexity index is 549. The van der Waals surface area contributed by atoms with Gasteiger partial charge in [0.1, 0.15) is 11.6 Å². The van der Waals surface area contributed by atoms with Crippen LogP contribution < -0.4 is 16.4 Å². The van der Waals surface area contributed by atoms with Gasteiger partial charge in [-0.15, -0.1) is 0 Å². The molecule has 0 heterocycles. The summed E-state index contributed by atoms with van der Waals surface area (Å²) in [5.74, 6) is -1.10. The number of carbonyl (C=O) groups is 1. The zero-order valence-corrected chi connectivity index (χ0v) is 15.8. The van der Waals surface area contributed by atoms with Crippen LogP contribution in [0.25, 0.3) is 0 Å². The van der Waals surface area contributed by atoms with Crippen molar-refractivity contribution in [3.05, 3.63) is 35.4 Å². The average molecular weight is 371 g/mol. The molecule has 5 N–H and O–H groups in total. The van der Waals surface area contributed by atoms with Crippen molar-refractivity contribution in [2.24, 2.45) is 11.7 Å². The molecule has 0 unspecified atom stereocenters. The van der Waals surface area contributed by atoms with E-state index < -0.39 is 29.8 Å². The van der Waals surface area contributed by atoms with E-state index in [2.05, 4.69) is 10.6 Å². The molecule has 0 aromatic heterocycles. The molecule has 0 fully saturated rings. The molecule has 0 radical (unpaired) electrons. The molecule has 3 atom stereocenters. The summed E-state index contributed by atoms with van der Waals surface area (Å²) in [6.07, 6.45) is 0.646. The van der Waals surface area contributed by atoms with Crippen molar-refractivity contribution in [3.8, 4) is 0 Å². The topological polar surface area (TPSA) is 87.4 Å². The molecule has 0 spiro atoms. The number of hydrogen-bond acceptors (Lipinski definition) is 4. The first-order chi connectivity index (χ1) is 12.2. The highest BCUT2D eigenvalue weighted by Crippen LogP contribution is 2.11. The van der Waals surface area contributed by atoms with Crippen LogP contribution in [0.15, 0.2) is 18.2 Å². The van der Waals surface area contributed by atoms with Gasteiger partial charge in [-0.1, -0.05) is 27.2 Å². The lowest BCUT2D eigenvalue weighted by atomic mass is 10.0. The summed E-state index contributed by atoms with van der Waals surface area (Å²) in [7, 11) is 0. The summed E-state index contributed by atoms with van der Waals surface area (Å²) >= 11 is 0. The number of aliphatic hydroxyl groups excluding tert-OH is 1. The second-order valence-corrected chi connectivity index (χ2v) is 7.10. The van der Waals surface area contributed by atoms with E-state index in [1.807, 2.05) is 20.8 Å². The molecule has 1 amide bonds. The SMILES string of the molecule is CCC[C@H](NC[C@@H](O)[C@@H](N)Cc1cc(F)cc(F)c1)C(=O)NCC(C)C. The number of aliphatic hydroxyl groups is 1. The van der Waals surface area contributed by atoms with Crippen LogP contribution in [0.5, 0.6) is 0 Å². The van der Waals surface area contributed by atoms with Crippen LogP contribution in [0, 0.1) is 17.6 Å². The van der Waals surface area contributed by atoms with Crippen molar-refractivity contribution < 1.29 is 18.7 Å². The van der Waals surface area contributed by atoms with Gasteiger partial charge in [0.05, 0.1) is 12.1 Å². The highest BCUT2D eigenvalue weighted by Gasteiger charge is 2.21. The Morgan fingerprint density at radius 3 is 2.35 bits per heavy atom. The first-order valence-electron chi connectivity index (χ1n) is 9.12. The maximum Gasteiger partial charge on any atom is 0.237 e. The van der Waals surface area contributed by atoms with Crippen LogP contribution in [0.4, 0.5) is 8.78 Å². The molecule has 148 valence electrons. The number of amides is 1. The van der Waals surface area contributed by atoms with Crippen molar-refractivity contribution >= 4 is 5.91 Å². The second kappa shape index (κ2) is 11.2. The molecular weight excluding hydrogens is 340 g/mol. The number of nitrogens with one attached hydrogen (secondary N) is 2. The van der Waals surface area contributed by atoms with E-state index in [9.17, 15) is 18.7 Å². The lowest BCUT2D eigenvalue weighted by molar-refractivity contribution is -0.123. The summed E-state index contributed by atoms with van der Waals surface area (Å²) in [5, 5.41) is 16.1. The fourth-order valence-electron chi connectivity index (χ4n) is 2.59. The van der Waals surface area contributed by atoms with E-state index in [1.54, 1.807) is 0 Å². The molecule has 0 saturated heterocycles. The highest BCUT2D eigenvalue weighted by atomic mass is 19.1. The van der Waals surface area contributed by atoms with Crippen LogP contribution in [0.3, 0.4) is 0 Å². The fraction of sp³-hybridized carbons (Fsp3) is 0.632. The van der Waals surface area contributed by atoms with Crippen LogP contribution >= 0.6 is 0 Å². The van der Waals surface area contributed by atoms with Gasteiger partial charge in [-0.2, -0.15) is 0 Å². The molecule has 1 aromatic rings. The van der Waals surface area contributed by atoms with E-state index >= 15 is 0 Å². The Morgan fingerprint density at radius 1 is 1.19 bits per heavy atom. The number of nitrogens with two attached hydrogens (primary N) is 1. The molecule has 1 rings (SSSR count). The van der Waals surface area contributed by atoms with Crippen LogP contribution in [-0.4, -0.2) is 42.3 Å². The smallest absolute Gasteiger partial charge is 0.237 e. The van der Waals surface area contributed by atoms with Gasteiger partial charge >= 0.3 is 0 Å². The third-order valence-electron chi connectivity index (χ3n) is 4.04. The monoisotopic (exact) mass is 371 g/mol. The van der Waals surface area contributed by atoms with Crippen molar-refractivity contribution in [1.29, 1.82) is 0 Å². The van der Waals surface area contributed by atoms with Gasteiger partial charge in [0.2, 0.25) is 5.91 Å². The molecule has 1 aromatic carbocycles. The molecule has 0 aliphatic carbocycles. The van der Waals surface area contributed by atoms with Crippen molar-refractivity contribution in [1.82, 2.24) is 10.6 Å². The van der Waals surface area contributed by atoms with Gasteiger partial charge in [0.15, 0.2) is 0 Å².